The van der Waals surface area contributed by atoms with Gasteiger partial charge in [0.1, 0.15) is 16.8 Å². The van der Waals surface area contributed by atoms with E-state index in [-0.39, 0.29) is 5.02 Å². The molecule has 0 amide bonds. The highest BCUT2D eigenvalue weighted by atomic mass is 35.5. The average molecular weight is 276 g/mol. The van der Waals surface area contributed by atoms with Crippen LogP contribution in [0.25, 0.3) is 0 Å². The molecule has 1 aromatic carbocycles. The van der Waals surface area contributed by atoms with Gasteiger partial charge in [0.15, 0.2) is 0 Å². The summed E-state index contributed by atoms with van der Waals surface area (Å²) in [6, 6.07) is 4.33. The third-order valence-electron chi connectivity index (χ3n) is 2.08. The van der Waals surface area contributed by atoms with Crippen LogP contribution < -0.4 is 0 Å². The maximum Gasteiger partial charge on any atom is 0.145 e. The number of rotatable bonds is 2. The summed E-state index contributed by atoms with van der Waals surface area (Å²) in [6.45, 7) is 7.26. The molecule has 1 atom stereocenters. The maximum atomic E-state index is 13.0. The minimum atomic E-state index is -1.33. The molecular weight excluding hydrogens is 261 g/mol. The molecule has 17 heavy (non-hydrogen) atoms. The van der Waals surface area contributed by atoms with Crippen LogP contribution in [0.4, 0.5) is 4.39 Å². The molecule has 0 saturated carbocycles. The van der Waals surface area contributed by atoms with Crippen molar-refractivity contribution < 1.29 is 8.60 Å². The van der Waals surface area contributed by atoms with Gasteiger partial charge < -0.3 is 0 Å². The Bertz CT molecular complexity index is 480. The lowest BCUT2D eigenvalue weighted by atomic mass is 10.1. The van der Waals surface area contributed by atoms with E-state index in [0.29, 0.717) is 11.3 Å². The van der Waals surface area contributed by atoms with Crippen LogP contribution in [0.3, 0.4) is 0 Å². The first-order valence-corrected chi connectivity index (χ1v) is 6.63. The van der Waals surface area contributed by atoms with Crippen LogP contribution in [0, 0.1) is 5.82 Å². The second-order valence-electron chi connectivity index (χ2n) is 4.67. The first-order valence-electron chi connectivity index (χ1n) is 5.14. The number of hydrogen-bond acceptors (Lipinski definition) is 1. The molecular formula is C12H15ClFNOS. The Morgan fingerprint density at radius 2 is 2.00 bits per heavy atom. The van der Waals surface area contributed by atoms with Crippen LogP contribution in [-0.4, -0.2) is 14.7 Å². The minimum absolute atomic E-state index is 0.0404. The predicted molar refractivity (Wildman–Crippen MR) is 71.5 cm³/mol. The summed E-state index contributed by atoms with van der Waals surface area (Å²) in [5.74, 6) is -0.472. The highest BCUT2D eigenvalue weighted by Crippen LogP contribution is 2.18. The quantitative estimate of drug-likeness (QED) is 0.756. The fourth-order valence-corrected chi connectivity index (χ4v) is 1.84. The standard InChI is InChI=1S/C12H15ClFNOS/c1-8(15-17(16)12(2,3)4)9-5-6-11(14)10(13)7-9/h5-7H,1-4H3/b15-8+/t17-/m0/s1. The van der Waals surface area contributed by atoms with Crippen molar-refractivity contribution in [3.8, 4) is 0 Å². The Kier molecular flexibility index (Phi) is 4.44. The molecule has 2 nitrogen and oxygen atoms in total. The lowest BCUT2D eigenvalue weighted by molar-refractivity contribution is 0.628. The molecule has 0 aromatic heterocycles. The summed E-state index contributed by atoms with van der Waals surface area (Å²) in [7, 11) is -1.33. The van der Waals surface area contributed by atoms with E-state index in [1.165, 1.54) is 12.1 Å². The molecule has 0 bridgehead atoms. The lowest BCUT2D eigenvalue weighted by Crippen LogP contribution is -2.20. The molecule has 0 unspecified atom stereocenters. The molecule has 94 valence electrons. The van der Waals surface area contributed by atoms with Crippen LogP contribution in [0.2, 0.25) is 5.02 Å². The Hall–Kier alpha value is -0.740. The maximum absolute atomic E-state index is 13.0. The third-order valence-corrected chi connectivity index (χ3v) is 3.86. The average Bonchev–Trinajstić information content (AvgIpc) is 2.20. The molecule has 0 radical (unpaired) electrons. The fourth-order valence-electron chi connectivity index (χ4n) is 1.04. The van der Waals surface area contributed by atoms with Crippen LogP contribution >= 0.6 is 11.6 Å². The van der Waals surface area contributed by atoms with Crippen molar-refractivity contribution >= 4 is 28.3 Å². The molecule has 0 spiro atoms. The second kappa shape index (κ2) is 5.27. The molecule has 0 fully saturated rings. The van der Waals surface area contributed by atoms with Gasteiger partial charge in [0.25, 0.3) is 0 Å². The van der Waals surface area contributed by atoms with Crippen molar-refractivity contribution in [2.75, 3.05) is 0 Å². The Morgan fingerprint density at radius 1 is 1.41 bits per heavy atom. The van der Waals surface area contributed by atoms with Crippen molar-refractivity contribution in [2.24, 2.45) is 4.40 Å². The monoisotopic (exact) mass is 275 g/mol. The molecule has 0 aliphatic heterocycles. The van der Waals surface area contributed by atoms with Gasteiger partial charge in [0.05, 0.1) is 15.5 Å². The van der Waals surface area contributed by atoms with Gasteiger partial charge in [0, 0.05) is 0 Å². The highest BCUT2D eigenvalue weighted by Gasteiger charge is 2.19. The molecule has 5 heteroatoms. The fraction of sp³-hybridized carbons (Fsp3) is 0.417. The molecule has 0 N–H and O–H groups in total. The van der Waals surface area contributed by atoms with Crippen LogP contribution in [0.5, 0.6) is 0 Å². The molecule has 0 saturated heterocycles. The van der Waals surface area contributed by atoms with Crippen molar-refractivity contribution in [3.05, 3.63) is 34.6 Å². The largest absolute Gasteiger partial charge is 0.234 e. The molecule has 1 aromatic rings. The summed E-state index contributed by atoms with van der Waals surface area (Å²) in [5, 5.41) is 0.0404. The van der Waals surface area contributed by atoms with Gasteiger partial charge in [-0.1, -0.05) is 17.7 Å². The normalized spacial score (nSPS) is 14.8. The van der Waals surface area contributed by atoms with Crippen molar-refractivity contribution in [1.82, 2.24) is 0 Å². The van der Waals surface area contributed by atoms with E-state index in [1.54, 1.807) is 13.0 Å². The van der Waals surface area contributed by atoms with Gasteiger partial charge in [-0.3, -0.25) is 0 Å². The van der Waals surface area contributed by atoms with E-state index in [2.05, 4.69) is 4.40 Å². The molecule has 0 aliphatic rings. The van der Waals surface area contributed by atoms with Crippen LogP contribution in [-0.2, 0) is 11.0 Å². The van der Waals surface area contributed by atoms with Gasteiger partial charge in [-0.25, -0.2) is 8.60 Å². The van der Waals surface area contributed by atoms with Crippen molar-refractivity contribution in [3.63, 3.8) is 0 Å². The summed E-state index contributed by atoms with van der Waals surface area (Å²) < 4.78 is 28.5. The highest BCUT2D eigenvalue weighted by molar-refractivity contribution is 7.85. The Balaban J connectivity index is 3.04. The van der Waals surface area contributed by atoms with Crippen molar-refractivity contribution in [2.45, 2.75) is 32.4 Å². The molecule has 1 rings (SSSR count). The summed E-state index contributed by atoms with van der Waals surface area (Å²) in [5.41, 5.74) is 1.26. The van der Waals surface area contributed by atoms with E-state index in [1.807, 2.05) is 20.8 Å². The van der Waals surface area contributed by atoms with E-state index in [9.17, 15) is 8.60 Å². The SMILES string of the molecule is C/C(=N\[S@@](=O)C(C)(C)C)c1ccc(F)c(Cl)c1. The first-order chi connectivity index (χ1) is 7.71. The van der Waals surface area contributed by atoms with Gasteiger partial charge in [0.2, 0.25) is 0 Å². The van der Waals surface area contributed by atoms with Gasteiger partial charge in [-0.2, -0.15) is 4.40 Å². The zero-order chi connectivity index (χ0) is 13.2. The Labute approximate surface area is 108 Å². The van der Waals surface area contributed by atoms with Crippen molar-refractivity contribution in [1.29, 1.82) is 0 Å². The van der Waals surface area contributed by atoms with Gasteiger partial charge in [-0.05, 0) is 45.4 Å². The summed E-state index contributed by atoms with van der Waals surface area (Å²) in [4.78, 5) is 0. The zero-order valence-corrected chi connectivity index (χ0v) is 11.8. The first kappa shape index (κ1) is 14.3. The van der Waals surface area contributed by atoms with E-state index < -0.39 is 21.5 Å². The molecule has 0 heterocycles. The number of nitrogens with zero attached hydrogens (tertiary/aromatic N) is 1. The predicted octanol–water partition coefficient (Wildman–Crippen LogP) is 3.75. The topological polar surface area (TPSA) is 29.4 Å². The van der Waals surface area contributed by atoms with E-state index >= 15 is 0 Å². The summed E-state index contributed by atoms with van der Waals surface area (Å²) >= 11 is 5.68. The van der Waals surface area contributed by atoms with E-state index in [4.69, 9.17) is 11.6 Å². The van der Waals surface area contributed by atoms with Gasteiger partial charge >= 0.3 is 0 Å². The molecule has 0 aliphatic carbocycles. The Morgan fingerprint density at radius 3 is 2.47 bits per heavy atom. The number of benzene rings is 1. The van der Waals surface area contributed by atoms with Crippen LogP contribution in [0.1, 0.15) is 33.3 Å². The van der Waals surface area contributed by atoms with Gasteiger partial charge in [-0.15, -0.1) is 0 Å². The van der Waals surface area contributed by atoms with E-state index in [0.717, 1.165) is 0 Å². The third kappa shape index (κ3) is 3.89. The minimum Gasteiger partial charge on any atom is -0.234 e. The number of halogens is 2. The smallest absolute Gasteiger partial charge is 0.145 e. The zero-order valence-electron chi connectivity index (χ0n) is 10.3. The summed E-state index contributed by atoms with van der Waals surface area (Å²) in [6.07, 6.45) is 0. The lowest BCUT2D eigenvalue weighted by Gasteiger charge is -2.14. The van der Waals surface area contributed by atoms with Crippen LogP contribution in [0.15, 0.2) is 22.6 Å². The number of hydrogen-bond donors (Lipinski definition) is 0. The second-order valence-corrected chi connectivity index (χ2v) is 6.98.